The molecule has 0 radical (unpaired) electrons. The van der Waals surface area contributed by atoms with E-state index in [-0.39, 0.29) is 39.2 Å². The molecule has 0 saturated carbocycles. The molecule has 8 heteroatoms. The van der Waals surface area contributed by atoms with Crippen molar-refractivity contribution in [3.8, 4) is 23.0 Å². The van der Waals surface area contributed by atoms with Crippen molar-refractivity contribution in [2.75, 3.05) is 6.61 Å². The smallest absolute Gasteiger partial charge is 0.166 e. The van der Waals surface area contributed by atoms with Crippen LogP contribution in [0.3, 0.4) is 0 Å². The summed E-state index contributed by atoms with van der Waals surface area (Å²) >= 11 is 23.5. The molecular weight excluding hydrogens is 473 g/mol. The molecular formula is C22H15Cl4FO3. The van der Waals surface area contributed by atoms with Gasteiger partial charge in [-0.25, -0.2) is 4.39 Å². The monoisotopic (exact) mass is 486 g/mol. The Hall–Kier alpha value is -2.11. The average molecular weight is 488 g/mol. The largest absolute Gasteiger partial charge is 0.489 e. The second-order valence-corrected chi connectivity index (χ2v) is 7.81. The fourth-order valence-corrected chi connectivity index (χ4v) is 3.15. The lowest BCUT2D eigenvalue weighted by molar-refractivity contribution is 0.304. The van der Waals surface area contributed by atoms with E-state index in [1.165, 1.54) is 18.2 Å². The summed E-state index contributed by atoms with van der Waals surface area (Å²) in [5.41, 5.74) is 0.585. The van der Waals surface area contributed by atoms with Gasteiger partial charge in [0.25, 0.3) is 0 Å². The molecule has 0 N–H and O–H groups in total. The lowest BCUT2D eigenvalue weighted by atomic mass is 10.2. The van der Waals surface area contributed by atoms with E-state index in [1.807, 2.05) is 18.2 Å². The summed E-state index contributed by atoms with van der Waals surface area (Å²) in [4.78, 5) is 0. The van der Waals surface area contributed by atoms with Crippen LogP contribution >= 0.6 is 46.4 Å². The van der Waals surface area contributed by atoms with Gasteiger partial charge in [-0.2, -0.15) is 0 Å². The molecule has 3 rings (SSSR count). The summed E-state index contributed by atoms with van der Waals surface area (Å²) in [5.74, 6) is 0.851. The molecule has 3 aromatic rings. The van der Waals surface area contributed by atoms with Crippen LogP contribution in [0.1, 0.15) is 5.56 Å². The van der Waals surface area contributed by atoms with Crippen LogP contribution in [0.15, 0.2) is 71.2 Å². The predicted octanol–water partition coefficient (Wildman–Crippen LogP) is 8.20. The second kappa shape index (κ2) is 10.8. The van der Waals surface area contributed by atoms with E-state index in [1.54, 1.807) is 30.3 Å². The summed E-state index contributed by atoms with van der Waals surface area (Å²) in [6.07, 6.45) is 1.48. The predicted molar refractivity (Wildman–Crippen MR) is 119 cm³/mol. The Morgan fingerprint density at radius 2 is 1.57 bits per heavy atom. The van der Waals surface area contributed by atoms with Crippen LogP contribution in [0.2, 0.25) is 10.0 Å². The number of rotatable bonds is 8. The van der Waals surface area contributed by atoms with Gasteiger partial charge in [-0.3, -0.25) is 0 Å². The summed E-state index contributed by atoms with van der Waals surface area (Å²) in [7, 11) is 0. The Labute approximate surface area is 193 Å². The van der Waals surface area contributed by atoms with E-state index in [0.29, 0.717) is 17.1 Å². The van der Waals surface area contributed by atoms with Crippen LogP contribution in [-0.2, 0) is 6.61 Å². The zero-order valence-corrected chi connectivity index (χ0v) is 18.4. The van der Waals surface area contributed by atoms with E-state index in [4.69, 9.17) is 60.6 Å². The van der Waals surface area contributed by atoms with Crippen LogP contribution in [0.4, 0.5) is 4.39 Å². The van der Waals surface area contributed by atoms with E-state index < -0.39 is 5.82 Å². The Kier molecular flexibility index (Phi) is 8.11. The molecule has 156 valence electrons. The molecule has 0 aliphatic heterocycles. The topological polar surface area (TPSA) is 27.7 Å². The first-order valence-electron chi connectivity index (χ1n) is 8.69. The van der Waals surface area contributed by atoms with Gasteiger partial charge >= 0.3 is 0 Å². The number of benzene rings is 3. The molecule has 0 amide bonds. The molecule has 0 saturated heterocycles. The first-order chi connectivity index (χ1) is 14.4. The normalized spacial score (nSPS) is 10.4. The molecule has 0 aliphatic carbocycles. The minimum Gasteiger partial charge on any atom is -0.489 e. The fourth-order valence-electron chi connectivity index (χ4n) is 2.45. The van der Waals surface area contributed by atoms with Crippen LogP contribution in [0.25, 0.3) is 0 Å². The lowest BCUT2D eigenvalue weighted by Gasteiger charge is -2.13. The van der Waals surface area contributed by atoms with Gasteiger partial charge < -0.3 is 14.2 Å². The molecule has 0 bridgehead atoms. The maximum Gasteiger partial charge on any atom is 0.166 e. The van der Waals surface area contributed by atoms with Gasteiger partial charge in [0.1, 0.15) is 29.2 Å². The van der Waals surface area contributed by atoms with Gasteiger partial charge in [0, 0.05) is 12.1 Å². The highest BCUT2D eigenvalue weighted by Gasteiger charge is 2.12. The van der Waals surface area contributed by atoms with Gasteiger partial charge in [0.05, 0.1) is 10.0 Å². The molecule has 0 aliphatic rings. The third-order valence-corrected chi connectivity index (χ3v) is 4.68. The first-order valence-corrected chi connectivity index (χ1v) is 10.2. The highest BCUT2D eigenvalue weighted by atomic mass is 35.5. The number of hydrogen-bond donors (Lipinski definition) is 0. The van der Waals surface area contributed by atoms with Crippen LogP contribution in [0, 0.1) is 5.82 Å². The quantitative estimate of drug-likeness (QED) is 0.320. The molecule has 30 heavy (non-hydrogen) atoms. The summed E-state index contributed by atoms with van der Waals surface area (Å²) in [6, 6.07) is 16.6. The Bertz CT molecular complexity index is 1010. The van der Waals surface area contributed by atoms with Gasteiger partial charge in [0.2, 0.25) is 0 Å². The molecule has 3 aromatic carbocycles. The Balaban J connectivity index is 1.65. The minimum absolute atomic E-state index is 0.0623. The zero-order valence-electron chi connectivity index (χ0n) is 15.4. The number of ether oxygens (including phenoxy) is 3. The SMILES string of the molecule is Fc1cc(COc2c(Cl)cc(OCC=C(Cl)Cl)cc2Cl)ccc1Oc1ccccc1. The molecule has 0 heterocycles. The number of para-hydroxylation sites is 1. The van der Waals surface area contributed by atoms with E-state index in [0.717, 1.165) is 0 Å². The molecule has 0 spiro atoms. The molecule has 0 unspecified atom stereocenters. The molecule has 0 atom stereocenters. The lowest BCUT2D eigenvalue weighted by Crippen LogP contribution is -1.99. The van der Waals surface area contributed by atoms with Gasteiger partial charge in [-0.05, 0) is 35.9 Å². The Morgan fingerprint density at radius 3 is 2.20 bits per heavy atom. The number of halogens is 5. The average Bonchev–Trinajstić information content (AvgIpc) is 2.70. The minimum atomic E-state index is -0.507. The molecule has 0 fully saturated rings. The standard InChI is InChI=1S/C22H15Cl4FO3/c23-17-11-16(28-9-8-21(25)26)12-18(24)22(17)29-13-14-6-7-20(19(27)10-14)30-15-4-2-1-3-5-15/h1-8,10-12H,9,13H2. The maximum atomic E-state index is 14.4. The Morgan fingerprint density at radius 1 is 0.867 bits per heavy atom. The van der Waals surface area contributed by atoms with Gasteiger partial charge in [-0.15, -0.1) is 0 Å². The van der Waals surface area contributed by atoms with Crippen LogP contribution in [0.5, 0.6) is 23.0 Å². The molecule has 0 aromatic heterocycles. The van der Waals surface area contributed by atoms with Crippen molar-refractivity contribution in [2.24, 2.45) is 0 Å². The van der Waals surface area contributed by atoms with E-state index in [9.17, 15) is 4.39 Å². The van der Waals surface area contributed by atoms with Crippen molar-refractivity contribution >= 4 is 46.4 Å². The van der Waals surface area contributed by atoms with Crippen molar-refractivity contribution in [1.29, 1.82) is 0 Å². The second-order valence-electron chi connectivity index (χ2n) is 5.99. The summed E-state index contributed by atoms with van der Waals surface area (Å²) in [6.45, 7) is 0.221. The highest BCUT2D eigenvalue weighted by molar-refractivity contribution is 6.55. The highest BCUT2D eigenvalue weighted by Crippen LogP contribution is 2.37. The molecule has 3 nitrogen and oxygen atoms in total. The first kappa shape index (κ1) is 22.6. The van der Waals surface area contributed by atoms with Crippen LogP contribution < -0.4 is 14.2 Å². The van der Waals surface area contributed by atoms with Crippen molar-refractivity contribution in [3.63, 3.8) is 0 Å². The maximum absolute atomic E-state index is 14.4. The third kappa shape index (κ3) is 6.44. The van der Waals surface area contributed by atoms with Crippen molar-refractivity contribution in [3.05, 3.63) is 92.7 Å². The van der Waals surface area contributed by atoms with E-state index in [2.05, 4.69) is 0 Å². The third-order valence-electron chi connectivity index (χ3n) is 3.81. The number of hydrogen-bond acceptors (Lipinski definition) is 3. The van der Waals surface area contributed by atoms with Crippen LogP contribution in [-0.4, -0.2) is 6.61 Å². The fraction of sp³-hybridized carbons (Fsp3) is 0.0909. The van der Waals surface area contributed by atoms with Crippen molar-refractivity contribution in [1.82, 2.24) is 0 Å². The summed E-state index contributed by atoms with van der Waals surface area (Å²) in [5, 5.41) is 0.505. The van der Waals surface area contributed by atoms with Crippen molar-refractivity contribution < 1.29 is 18.6 Å². The summed E-state index contributed by atoms with van der Waals surface area (Å²) < 4.78 is 31.1. The van der Waals surface area contributed by atoms with E-state index >= 15 is 0 Å². The van der Waals surface area contributed by atoms with Crippen molar-refractivity contribution in [2.45, 2.75) is 6.61 Å². The van der Waals surface area contributed by atoms with Gasteiger partial charge in [-0.1, -0.05) is 70.7 Å². The zero-order chi connectivity index (χ0) is 21.5. The van der Waals surface area contributed by atoms with Gasteiger partial charge in [0.15, 0.2) is 17.3 Å².